The van der Waals surface area contributed by atoms with Crippen molar-refractivity contribution in [2.24, 2.45) is 4.36 Å². The minimum atomic E-state index is -2.33. The number of rotatable bonds is 3. The first-order valence-electron chi connectivity index (χ1n) is 8.73. The first kappa shape index (κ1) is 17.9. The summed E-state index contributed by atoms with van der Waals surface area (Å²) < 4.78 is 22.2. The molecule has 4 heterocycles. The molecule has 8 nitrogen and oxygen atoms in total. The number of hydrogen-bond donors (Lipinski definition) is 1. The van der Waals surface area contributed by atoms with Gasteiger partial charge in [0.2, 0.25) is 0 Å². The predicted molar refractivity (Wildman–Crippen MR) is 107 cm³/mol. The van der Waals surface area contributed by atoms with Crippen LogP contribution in [0.15, 0.2) is 35.1 Å². The van der Waals surface area contributed by atoms with Gasteiger partial charge in [-0.05, 0) is 19.1 Å². The van der Waals surface area contributed by atoms with E-state index in [1.165, 1.54) is 0 Å². The van der Waals surface area contributed by atoms with E-state index >= 15 is 0 Å². The maximum Gasteiger partial charge on any atom is 0.164 e. The molecule has 0 aromatic carbocycles. The van der Waals surface area contributed by atoms with Crippen LogP contribution >= 0.6 is 0 Å². The van der Waals surface area contributed by atoms with Gasteiger partial charge in [0.1, 0.15) is 5.52 Å². The Morgan fingerprint density at radius 3 is 2.96 bits per heavy atom. The lowest BCUT2D eigenvalue weighted by Gasteiger charge is -2.35. The number of nitrogens with zero attached hydrogens (tertiary/aromatic N) is 5. The molecule has 3 aromatic heterocycles. The molecule has 0 aliphatic carbocycles. The molecule has 0 bridgehead atoms. The van der Waals surface area contributed by atoms with Crippen LogP contribution in [0.4, 0.5) is 11.5 Å². The number of nitrogens with one attached hydrogen (secondary N) is 1. The van der Waals surface area contributed by atoms with Gasteiger partial charge in [0.25, 0.3) is 0 Å². The van der Waals surface area contributed by atoms with E-state index in [-0.39, 0.29) is 6.04 Å². The summed E-state index contributed by atoms with van der Waals surface area (Å²) in [6, 6.07) is 6.03. The third-order valence-electron chi connectivity index (χ3n) is 4.40. The van der Waals surface area contributed by atoms with E-state index in [4.69, 9.17) is 4.74 Å². The van der Waals surface area contributed by atoms with Gasteiger partial charge >= 0.3 is 0 Å². The van der Waals surface area contributed by atoms with E-state index in [0.717, 1.165) is 29.0 Å². The summed E-state index contributed by atoms with van der Waals surface area (Å²) in [7, 11) is -2.33. The van der Waals surface area contributed by atoms with E-state index in [1.807, 2.05) is 18.2 Å². The van der Waals surface area contributed by atoms with Crippen LogP contribution in [0.3, 0.4) is 0 Å². The highest BCUT2D eigenvalue weighted by atomic mass is 32.2. The molecule has 1 aliphatic heterocycles. The summed E-state index contributed by atoms with van der Waals surface area (Å²) in [6.45, 7) is 4.25. The molecular weight excluding hydrogens is 364 g/mol. The summed E-state index contributed by atoms with van der Waals surface area (Å²) in [6.07, 6.45) is 6.56. The number of pyridine rings is 2. The molecule has 0 unspecified atom stereocenters. The number of aromatic amines is 1. The summed E-state index contributed by atoms with van der Waals surface area (Å²) >= 11 is 0. The summed E-state index contributed by atoms with van der Waals surface area (Å²) in [5.74, 6) is 0.455. The van der Waals surface area contributed by atoms with Crippen LogP contribution in [0.1, 0.15) is 6.92 Å². The van der Waals surface area contributed by atoms with E-state index in [9.17, 15) is 4.21 Å². The second-order valence-corrected chi connectivity index (χ2v) is 9.46. The monoisotopic (exact) mass is 386 g/mol. The first-order chi connectivity index (χ1) is 12.9. The zero-order chi connectivity index (χ0) is 19.0. The number of aromatic nitrogens is 4. The molecule has 3 aromatic rings. The molecule has 1 N–H and O–H groups in total. The lowest BCUT2D eigenvalue weighted by molar-refractivity contribution is 0.0989. The number of fused-ring (bicyclic) bond motifs is 1. The second kappa shape index (κ2) is 6.90. The molecule has 142 valence electrons. The number of ether oxygens (including phenoxy) is 1. The van der Waals surface area contributed by atoms with Gasteiger partial charge in [-0.3, -0.25) is 0 Å². The molecule has 9 heteroatoms. The van der Waals surface area contributed by atoms with E-state index < -0.39 is 9.73 Å². The Bertz CT molecular complexity index is 1090. The molecule has 1 fully saturated rings. The van der Waals surface area contributed by atoms with Gasteiger partial charge in [0, 0.05) is 58.3 Å². The summed E-state index contributed by atoms with van der Waals surface area (Å²) in [5, 5.41) is 0. The standard InChI is InChI=1S/C18H22N6O2S/c1-12-10-26-7-6-24(12)13-8-15(22-16(9-13)23-27(2,3)25)14-4-5-19-18-17(14)20-11-21-18/h4-5,8-9,11-12H,6-7,10H2,1-3H3,(H,19,20,21)/t12-/m1/s1. The molecular formula is C18H22N6O2S. The topological polar surface area (TPSA) is 96.4 Å². The number of imidazole rings is 1. The van der Waals surface area contributed by atoms with Crippen molar-refractivity contribution in [2.75, 3.05) is 37.2 Å². The highest BCUT2D eigenvalue weighted by Gasteiger charge is 2.21. The Morgan fingerprint density at radius 1 is 1.33 bits per heavy atom. The van der Waals surface area contributed by atoms with Crippen LogP contribution in [-0.4, -0.2) is 62.5 Å². The lowest BCUT2D eigenvalue weighted by Crippen LogP contribution is -2.43. The average molecular weight is 386 g/mol. The van der Waals surface area contributed by atoms with Crippen LogP contribution in [-0.2, 0) is 14.5 Å². The van der Waals surface area contributed by atoms with Crippen molar-refractivity contribution in [3.8, 4) is 11.3 Å². The first-order valence-corrected chi connectivity index (χ1v) is 11.1. The minimum Gasteiger partial charge on any atom is -0.377 e. The number of anilines is 1. The maximum atomic E-state index is 12.3. The molecule has 1 atom stereocenters. The van der Waals surface area contributed by atoms with Crippen molar-refractivity contribution in [1.82, 2.24) is 19.9 Å². The Balaban J connectivity index is 1.91. The van der Waals surface area contributed by atoms with E-state index in [1.54, 1.807) is 25.0 Å². The zero-order valence-electron chi connectivity index (χ0n) is 15.5. The van der Waals surface area contributed by atoms with Gasteiger partial charge in [-0.25, -0.2) is 19.2 Å². The van der Waals surface area contributed by atoms with Gasteiger partial charge in [-0.2, -0.15) is 4.36 Å². The second-order valence-electron chi connectivity index (χ2n) is 6.92. The highest BCUT2D eigenvalue weighted by molar-refractivity contribution is 7.92. The molecule has 1 aliphatic rings. The molecule has 0 radical (unpaired) electrons. The third-order valence-corrected chi connectivity index (χ3v) is 5.03. The maximum absolute atomic E-state index is 12.3. The summed E-state index contributed by atoms with van der Waals surface area (Å²) in [4.78, 5) is 18.6. The largest absolute Gasteiger partial charge is 0.377 e. The van der Waals surface area contributed by atoms with Gasteiger partial charge in [-0.15, -0.1) is 0 Å². The van der Waals surface area contributed by atoms with Crippen molar-refractivity contribution < 1.29 is 8.95 Å². The molecule has 1 saturated heterocycles. The van der Waals surface area contributed by atoms with Crippen LogP contribution in [0.5, 0.6) is 0 Å². The SMILES string of the molecule is C[C@@H]1COCCN1c1cc(N=S(C)(C)=O)nc(-c2ccnc3[nH]cnc23)c1. The molecule has 0 amide bonds. The Kier molecular flexibility index (Phi) is 4.56. The molecule has 0 spiro atoms. The van der Waals surface area contributed by atoms with Crippen LogP contribution in [0.25, 0.3) is 22.4 Å². The van der Waals surface area contributed by atoms with Crippen LogP contribution < -0.4 is 4.90 Å². The van der Waals surface area contributed by atoms with Gasteiger partial charge in [0.05, 0.1) is 25.2 Å². The van der Waals surface area contributed by atoms with Crippen molar-refractivity contribution in [1.29, 1.82) is 0 Å². The quantitative estimate of drug-likeness (QED) is 0.743. The number of morpholine rings is 1. The lowest BCUT2D eigenvalue weighted by atomic mass is 10.1. The van der Waals surface area contributed by atoms with E-state index in [0.29, 0.717) is 24.7 Å². The Morgan fingerprint density at radius 2 is 2.19 bits per heavy atom. The predicted octanol–water partition coefficient (Wildman–Crippen LogP) is 2.60. The smallest absolute Gasteiger partial charge is 0.164 e. The Hall–Kier alpha value is -2.52. The van der Waals surface area contributed by atoms with Crippen molar-refractivity contribution in [3.63, 3.8) is 0 Å². The normalized spacial score (nSPS) is 18.0. The highest BCUT2D eigenvalue weighted by Crippen LogP contribution is 2.32. The van der Waals surface area contributed by atoms with Crippen LogP contribution in [0, 0.1) is 0 Å². The van der Waals surface area contributed by atoms with Crippen LogP contribution in [0.2, 0.25) is 0 Å². The number of hydrogen-bond acceptors (Lipinski definition) is 7. The van der Waals surface area contributed by atoms with Gasteiger partial charge < -0.3 is 14.6 Å². The van der Waals surface area contributed by atoms with Crippen molar-refractivity contribution in [2.45, 2.75) is 13.0 Å². The molecule has 4 rings (SSSR count). The fourth-order valence-electron chi connectivity index (χ4n) is 3.24. The zero-order valence-corrected chi connectivity index (χ0v) is 16.4. The fourth-order valence-corrected chi connectivity index (χ4v) is 3.79. The fraction of sp³-hybridized carbons (Fsp3) is 0.389. The minimum absolute atomic E-state index is 0.234. The Labute approximate surface area is 158 Å². The average Bonchev–Trinajstić information content (AvgIpc) is 3.09. The molecule has 0 saturated carbocycles. The number of H-pyrrole nitrogens is 1. The molecule has 27 heavy (non-hydrogen) atoms. The summed E-state index contributed by atoms with van der Waals surface area (Å²) in [5.41, 5.74) is 4.02. The van der Waals surface area contributed by atoms with Gasteiger partial charge in [-0.1, -0.05) is 0 Å². The third kappa shape index (κ3) is 3.79. The van der Waals surface area contributed by atoms with E-state index in [2.05, 4.69) is 36.1 Å². The van der Waals surface area contributed by atoms with Gasteiger partial charge in [0.15, 0.2) is 11.5 Å². The van der Waals surface area contributed by atoms with Crippen molar-refractivity contribution in [3.05, 3.63) is 30.7 Å². The van der Waals surface area contributed by atoms with Crippen molar-refractivity contribution >= 4 is 32.4 Å².